The summed E-state index contributed by atoms with van der Waals surface area (Å²) in [6.45, 7) is 0. The lowest BCUT2D eigenvalue weighted by Crippen LogP contribution is -2.73. The van der Waals surface area contributed by atoms with Crippen LogP contribution in [0, 0.1) is 17.0 Å². The molecule has 0 heterocycles. The van der Waals surface area contributed by atoms with E-state index in [1.807, 2.05) is 0 Å². The van der Waals surface area contributed by atoms with E-state index in [0.717, 1.165) is 12.1 Å². The highest BCUT2D eigenvalue weighted by atomic mass is 32.2. The van der Waals surface area contributed by atoms with Crippen molar-refractivity contribution in [3.05, 3.63) is 29.8 Å². The van der Waals surface area contributed by atoms with E-state index in [-0.39, 0.29) is 24.2 Å². The van der Waals surface area contributed by atoms with Gasteiger partial charge in [-0.15, -0.1) is 0 Å². The van der Waals surface area contributed by atoms with Crippen LogP contribution in [0.4, 0.5) is 8.78 Å². The van der Waals surface area contributed by atoms with Gasteiger partial charge < -0.3 is 4.74 Å². The minimum absolute atomic E-state index is 0.188. The van der Waals surface area contributed by atoms with E-state index in [1.54, 1.807) is 0 Å². The van der Waals surface area contributed by atoms with Crippen molar-refractivity contribution in [1.29, 1.82) is 0 Å². The van der Waals surface area contributed by atoms with E-state index >= 15 is 0 Å². The molecule has 0 aromatic heterocycles. The van der Waals surface area contributed by atoms with Gasteiger partial charge in [-0.2, -0.15) is 0 Å². The Bertz CT molecular complexity index is 691. The maximum Gasteiger partial charge on any atom is 0.311 e. The highest BCUT2D eigenvalue weighted by Crippen LogP contribution is 2.72. The molecule has 0 N–H and O–H groups in total. The second-order valence-corrected chi connectivity index (χ2v) is 7.91. The van der Waals surface area contributed by atoms with E-state index in [2.05, 4.69) is 4.74 Å². The van der Waals surface area contributed by atoms with Gasteiger partial charge in [0.1, 0.15) is 0 Å². The number of esters is 1. The summed E-state index contributed by atoms with van der Waals surface area (Å²) in [4.78, 5) is 11.3. The Morgan fingerprint density at radius 3 is 2.30 bits per heavy atom. The number of carbonyl (C=O) groups is 1. The van der Waals surface area contributed by atoms with Gasteiger partial charge in [0.2, 0.25) is 0 Å². The number of methoxy groups -OCH3 is 1. The van der Waals surface area contributed by atoms with E-state index < -0.39 is 37.6 Å². The molecule has 4 rings (SSSR count). The second kappa shape index (κ2) is 3.78. The third kappa shape index (κ3) is 1.44. The number of hydrogen-bond acceptors (Lipinski definition) is 4. The monoisotopic (exact) mass is 302 g/mol. The predicted octanol–water partition coefficient (Wildman–Crippen LogP) is 1.83. The lowest BCUT2D eigenvalue weighted by molar-refractivity contribution is -0.181. The lowest BCUT2D eigenvalue weighted by atomic mass is 9.43. The number of carbonyl (C=O) groups excluding carboxylic acids is 1. The molecule has 0 aliphatic heterocycles. The third-order valence-corrected chi connectivity index (χ3v) is 6.82. The third-order valence-electron chi connectivity index (χ3n) is 4.37. The van der Waals surface area contributed by atoms with Gasteiger partial charge in [0.15, 0.2) is 21.5 Å². The summed E-state index contributed by atoms with van der Waals surface area (Å²) < 4.78 is 54.6. The molecule has 0 saturated heterocycles. The molecule has 1 aromatic rings. The predicted molar refractivity (Wildman–Crippen MR) is 64.6 cm³/mol. The van der Waals surface area contributed by atoms with Crippen molar-refractivity contribution < 1.29 is 26.7 Å². The van der Waals surface area contributed by atoms with Crippen molar-refractivity contribution in [3.63, 3.8) is 0 Å². The molecule has 0 unspecified atom stereocenters. The Morgan fingerprint density at radius 2 is 1.80 bits per heavy atom. The topological polar surface area (TPSA) is 60.4 Å². The van der Waals surface area contributed by atoms with E-state index in [1.165, 1.54) is 7.11 Å². The fourth-order valence-corrected chi connectivity index (χ4v) is 5.71. The van der Waals surface area contributed by atoms with Crippen LogP contribution >= 0.6 is 0 Å². The van der Waals surface area contributed by atoms with E-state index in [0.29, 0.717) is 6.07 Å². The molecular weight excluding hydrogens is 290 g/mol. The van der Waals surface area contributed by atoms with Crippen molar-refractivity contribution in [1.82, 2.24) is 0 Å². The van der Waals surface area contributed by atoms with E-state index in [9.17, 15) is 22.0 Å². The fraction of sp³-hybridized carbons (Fsp3) is 0.462. The highest BCUT2D eigenvalue weighted by Gasteiger charge is 2.77. The summed E-state index contributed by atoms with van der Waals surface area (Å²) in [5, 5.41) is 0. The number of benzene rings is 1. The Labute approximate surface area is 114 Å². The Hall–Kier alpha value is -1.50. The Kier molecular flexibility index (Phi) is 2.55. The number of rotatable bonds is 3. The van der Waals surface area contributed by atoms with Gasteiger partial charge in [-0.1, -0.05) is 0 Å². The van der Waals surface area contributed by atoms with Crippen LogP contribution < -0.4 is 0 Å². The lowest BCUT2D eigenvalue weighted by Gasteiger charge is -2.66. The van der Waals surface area contributed by atoms with Crippen molar-refractivity contribution in [3.8, 4) is 0 Å². The van der Waals surface area contributed by atoms with Crippen LogP contribution in [0.5, 0.6) is 0 Å². The summed E-state index contributed by atoms with van der Waals surface area (Å²) in [7, 11) is -2.51. The normalized spacial score (nSPS) is 31.1. The van der Waals surface area contributed by atoms with Crippen LogP contribution in [0.25, 0.3) is 0 Å². The average Bonchev–Trinajstić information content (AvgIpc) is 2.28. The molecule has 2 bridgehead atoms. The fourth-order valence-electron chi connectivity index (χ4n) is 3.31. The minimum atomic E-state index is -3.77. The molecular formula is C13H12F2O4S. The van der Waals surface area contributed by atoms with Crippen LogP contribution in [0.1, 0.15) is 19.3 Å². The first-order chi connectivity index (χ1) is 9.26. The number of hydrogen-bond donors (Lipinski definition) is 0. The smallest absolute Gasteiger partial charge is 0.311 e. The molecule has 108 valence electrons. The zero-order chi connectivity index (χ0) is 14.8. The molecule has 3 fully saturated rings. The van der Waals surface area contributed by atoms with Crippen LogP contribution in [-0.2, 0) is 19.4 Å². The highest BCUT2D eigenvalue weighted by molar-refractivity contribution is 7.93. The molecule has 1 aromatic carbocycles. The SMILES string of the molecule is COC(=O)C12CC(S(=O)(=O)c3ccc(F)c(F)c3)(C1)C2. The van der Waals surface area contributed by atoms with Crippen LogP contribution in [0.2, 0.25) is 0 Å². The Morgan fingerprint density at radius 1 is 1.20 bits per heavy atom. The summed E-state index contributed by atoms with van der Waals surface area (Å²) in [6.07, 6.45) is 0.565. The molecule has 4 nitrogen and oxygen atoms in total. The van der Waals surface area contributed by atoms with Crippen molar-refractivity contribution in [2.24, 2.45) is 5.41 Å². The molecule has 0 atom stereocenters. The summed E-state index contributed by atoms with van der Waals surface area (Å²) >= 11 is 0. The van der Waals surface area contributed by atoms with Gasteiger partial charge in [0.05, 0.1) is 22.2 Å². The summed E-state index contributed by atoms with van der Waals surface area (Å²) in [6, 6.07) is 2.54. The van der Waals surface area contributed by atoms with Gasteiger partial charge >= 0.3 is 5.97 Å². The minimum Gasteiger partial charge on any atom is -0.469 e. The maximum absolute atomic E-state index is 13.2. The van der Waals surface area contributed by atoms with Gasteiger partial charge in [0, 0.05) is 0 Å². The Balaban J connectivity index is 1.89. The van der Waals surface area contributed by atoms with Crippen LogP contribution in [0.3, 0.4) is 0 Å². The molecule has 0 amide bonds. The first-order valence-electron chi connectivity index (χ1n) is 6.05. The van der Waals surface area contributed by atoms with Gasteiger partial charge in [-0.25, -0.2) is 17.2 Å². The van der Waals surface area contributed by atoms with Gasteiger partial charge in [-0.05, 0) is 37.5 Å². The first-order valence-corrected chi connectivity index (χ1v) is 7.53. The molecule has 7 heteroatoms. The van der Waals surface area contributed by atoms with Crippen LogP contribution in [-0.4, -0.2) is 26.2 Å². The average molecular weight is 302 g/mol. The molecule has 20 heavy (non-hydrogen) atoms. The number of ether oxygens (including phenoxy) is 1. The molecule has 0 spiro atoms. The van der Waals surface area contributed by atoms with Gasteiger partial charge in [0.25, 0.3) is 0 Å². The first kappa shape index (κ1) is 13.5. The van der Waals surface area contributed by atoms with Crippen molar-refractivity contribution in [2.75, 3.05) is 7.11 Å². The number of sulfone groups is 1. The zero-order valence-corrected chi connectivity index (χ0v) is 11.5. The molecule has 0 radical (unpaired) electrons. The van der Waals surface area contributed by atoms with Gasteiger partial charge in [-0.3, -0.25) is 4.79 Å². The molecule has 3 saturated carbocycles. The largest absolute Gasteiger partial charge is 0.469 e. The van der Waals surface area contributed by atoms with Crippen LogP contribution in [0.15, 0.2) is 23.1 Å². The quantitative estimate of drug-likeness (QED) is 0.631. The maximum atomic E-state index is 13.2. The zero-order valence-electron chi connectivity index (χ0n) is 10.7. The van der Waals surface area contributed by atoms with Crippen molar-refractivity contribution >= 4 is 15.8 Å². The molecule has 3 aliphatic rings. The second-order valence-electron chi connectivity index (χ2n) is 5.56. The molecule has 3 aliphatic carbocycles. The summed E-state index contributed by atoms with van der Waals surface area (Å²) in [5.74, 6) is -2.69. The summed E-state index contributed by atoms with van der Waals surface area (Å²) in [5.41, 5.74) is -0.694. The number of halogens is 2. The van der Waals surface area contributed by atoms with E-state index in [4.69, 9.17) is 0 Å². The standard InChI is InChI=1S/C13H12F2O4S/c1-19-11(16)12-5-13(6-12,7-12)20(17,18)8-2-3-9(14)10(15)4-8/h2-4H,5-7H2,1H3. The van der Waals surface area contributed by atoms with Crippen molar-refractivity contribution in [2.45, 2.75) is 28.9 Å².